The predicted molar refractivity (Wildman–Crippen MR) is 151 cm³/mol. The summed E-state index contributed by atoms with van der Waals surface area (Å²) in [6, 6.07) is 15.4. The number of nitrogens with zero attached hydrogens (tertiary/aromatic N) is 2. The number of aryl methyl sites for hydroxylation is 2. The number of hydrogen-bond acceptors (Lipinski definition) is 8. The number of ketones is 1. The van der Waals surface area contributed by atoms with Crippen molar-refractivity contribution in [2.24, 2.45) is 0 Å². The van der Waals surface area contributed by atoms with Crippen molar-refractivity contribution in [1.82, 2.24) is 4.98 Å². The van der Waals surface area contributed by atoms with E-state index in [0.29, 0.717) is 33.5 Å². The molecule has 1 saturated heterocycles. The van der Waals surface area contributed by atoms with Crippen LogP contribution in [-0.4, -0.2) is 43.1 Å². The Balaban J connectivity index is 1.77. The number of benzene rings is 3. The lowest BCUT2D eigenvalue weighted by Gasteiger charge is -2.24. The molecule has 9 heteroatoms. The number of rotatable bonds is 7. The molecule has 39 heavy (non-hydrogen) atoms. The standard InChI is InChI=1S/C30H28N2O6S/c1-6-17-9-12-20-23(13-17)39-30(31-20)32-25(19-14-21(36-3)28(38-5)22(15-19)37-4)24(27(34)29(32)35)26(33)18-10-7-16(2)8-11-18/h7-15,25,33H,6H2,1-5H3/t25-/m0/s1. The van der Waals surface area contributed by atoms with E-state index in [4.69, 9.17) is 19.2 Å². The van der Waals surface area contributed by atoms with Crippen LogP contribution in [0.3, 0.4) is 0 Å². The Hall–Kier alpha value is -4.37. The highest BCUT2D eigenvalue weighted by Gasteiger charge is 2.48. The third-order valence-electron chi connectivity index (χ3n) is 6.83. The Morgan fingerprint density at radius 1 is 0.974 bits per heavy atom. The Kier molecular flexibility index (Phi) is 7.01. The number of fused-ring (bicyclic) bond motifs is 1. The first-order valence-electron chi connectivity index (χ1n) is 12.4. The molecule has 1 N–H and O–H groups in total. The molecule has 3 aromatic carbocycles. The molecule has 8 nitrogen and oxygen atoms in total. The van der Waals surface area contributed by atoms with Crippen molar-refractivity contribution >= 4 is 44.1 Å². The molecule has 2 heterocycles. The third kappa shape index (κ3) is 4.48. The summed E-state index contributed by atoms with van der Waals surface area (Å²) in [6.07, 6.45) is 0.857. The van der Waals surface area contributed by atoms with Gasteiger partial charge in [-0.25, -0.2) is 4.98 Å². The van der Waals surface area contributed by atoms with Crippen LogP contribution < -0.4 is 19.1 Å². The normalized spacial score (nSPS) is 16.6. The number of aliphatic hydroxyl groups excluding tert-OH is 1. The molecule has 0 aliphatic carbocycles. The van der Waals surface area contributed by atoms with Crippen molar-refractivity contribution in [1.29, 1.82) is 0 Å². The van der Waals surface area contributed by atoms with E-state index in [1.54, 1.807) is 24.3 Å². The van der Waals surface area contributed by atoms with Crippen molar-refractivity contribution in [3.8, 4) is 17.2 Å². The van der Waals surface area contributed by atoms with E-state index in [1.807, 2.05) is 37.3 Å². The maximum atomic E-state index is 13.6. The SMILES string of the molecule is CCc1ccc2nc(N3C(=O)C(=O)C(=C(O)c4ccc(C)cc4)[C@@H]3c3cc(OC)c(OC)c(OC)c3)sc2c1. The molecule has 1 amide bonds. The van der Waals surface area contributed by atoms with E-state index in [0.717, 1.165) is 27.8 Å². The van der Waals surface area contributed by atoms with Gasteiger partial charge in [0.1, 0.15) is 5.76 Å². The summed E-state index contributed by atoms with van der Waals surface area (Å²) in [6.45, 7) is 3.99. The summed E-state index contributed by atoms with van der Waals surface area (Å²) in [5, 5.41) is 11.8. The smallest absolute Gasteiger partial charge is 0.301 e. The van der Waals surface area contributed by atoms with Gasteiger partial charge in [0.2, 0.25) is 5.75 Å². The number of methoxy groups -OCH3 is 3. The zero-order chi connectivity index (χ0) is 27.8. The number of anilines is 1. The second-order valence-electron chi connectivity index (χ2n) is 9.15. The highest BCUT2D eigenvalue weighted by Crippen LogP contribution is 2.48. The third-order valence-corrected chi connectivity index (χ3v) is 7.85. The van der Waals surface area contributed by atoms with E-state index >= 15 is 0 Å². The second-order valence-corrected chi connectivity index (χ2v) is 10.2. The molecule has 1 aliphatic rings. The lowest BCUT2D eigenvalue weighted by molar-refractivity contribution is -0.132. The van der Waals surface area contributed by atoms with Gasteiger partial charge in [-0.15, -0.1) is 0 Å². The first-order valence-corrected chi connectivity index (χ1v) is 13.2. The number of thiazole rings is 1. The summed E-state index contributed by atoms with van der Waals surface area (Å²) < 4.78 is 17.5. The van der Waals surface area contributed by atoms with Gasteiger partial charge in [-0.2, -0.15) is 0 Å². The first kappa shape index (κ1) is 26.2. The van der Waals surface area contributed by atoms with Gasteiger partial charge < -0.3 is 19.3 Å². The first-order chi connectivity index (χ1) is 18.8. The van der Waals surface area contributed by atoms with Gasteiger partial charge in [0.25, 0.3) is 5.78 Å². The lowest BCUT2D eigenvalue weighted by Crippen LogP contribution is -2.29. The monoisotopic (exact) mass is 544 g/mol. The minimum Gasteiger partial charge on any atom is -0.507 e. The van der Waals surface area contributed by atoms with Crippen LogP contribution in [0.1, 0.15) is 35.2 Å². The zero-order valence-electron chi connectivity index (χ0n) is 22.3. The summed E-state index contributed by atoms with van der Waals surface area (Å²) in [7, 11) is 4.47. The van der Waals surface area contributed by atoms with Gasteiger partial charge in [-0.05, 0) is 48.7 Å². The van der Waals surface area contributed by atoms with Gasteiger partial charge in [0.15, 0.2) is 16.6 Å². The number of ether oxygens (including phenoxy) is 3. The molecule has 0 unspecified atom stereocenters. The summed E-state index contributed by atoms with van der Waals surface area (Å²) in [5.41, 5.74) is 3.72. The van der Waals surface area contributed by atoms with Crippen LogP contribution >= 0.6 is 11.3 Å². The summed E-state index contributed by atoms with van der Waals surface area (Å²) >= 11 is 1.32. The minimum absolute atomic E-state index is 0.0494. The minimum atomic E-state index is -0.994. The molecular formula is C30H28N2O6S. The zero-order valence-corrected chi connectivity index (χ0v) is 23.1. The topological polar surface area (TPSA) is 98.2 Å². The molecule has 0 radical (unpaired) electrons. The van der Waals surface area contributed by atoms with Crippen LogP contribution in [0.2, 0.25) is 0 Å². The molecule has 4 aromatic rings. The van der Waals surface area contributed by atoms with Crippen LogP contribution in [0.5, 0.6) is 17.2 Å². The summed E-state index contributed by atoms with van der Waals surface area (Å²) in [4.78, 5) is 33.3. The van der Waals surface area contributed by atoms with Crippen LogP contribution in [0.25, 0.3) is 16.0 Å². The van der Waals surface area contributed by atoms with Crippen molar-refractivity contribution in [2.75, 3.05) is 26.2 Å². The van der Waals surface area contributed by atoms with Crippen molar-refractivity contribution in [3.63, 3.8) is 0 Å². The Labute approximate surface area is 230 Å². The van der Waals surface area contributed by atoms with Crippen LogP contribution in [0.15, 0.2) is 60.2 Å². The van der Waals surface area contributed by atoms with Gasteiger partial charge >= 0.3 is 5.91 Å². The number of aliphatic hydroxyl groups is 1. The molecule has 0 spiro atoms. The molecule has 0 bridgehead atoms. The Bertz CT molecular complexity index is 1600. The van der Waals surface area contributed by atoms with E-state index < -0.39 is 17.7 Å². The number of amides is 1. The number of carbonyl (C=O) groups is 2. The largest absolute Gasteiger partial charge is 0.507 e. The molecular weight excluding hydrogens is 516 g/mol. The average Bonchev–Trinajstić information content (AvgIpc) is 3.49. The fraction of sp³-hybridized carbons (Fsp3) is 0.233. The quantitative estimate of drug-likeness (QED) is 0.178. The highest BCUT2D eigenvalue weighted by molar-refractivity contribution is 7.22. The van der Waals surface area contributed by atoms with Crippen LogP contribution in [-0.2, 0) is 16.0 Å². The van der Waals surface area contributed by atoms with Gasteiger partial charge in [0.05, 0.1) is 43.2 Å². The Morgan fingerprint density at radius 3 is 2.23 bits per heavy atom. The van der Waals surface area contributed by atoms with E-state index in [1.165, 1.54) is 37.6 Å². The highest BCUT2D eigenvalue weighted by atomic mass is 32.1. The predicted octanol–water partition coefficient (Wildman–Crippen LogP) is 5.82. The van der Waals surface area contributed by atoms with E-state index in [9.17, 15) is 14.7 Å². The fourth-order valence-electron chi connectivity index (χ4n) is 4.75. The van der Waals surface area contributed by atoms with Crippen molar-refractivity contribution < 1.29 is 28.9 Å². The van der Waals surface area contributed by atoms with E-state index in [-0.39, 0.29) is 11.3 Å². The maximum absolute atomic E-state index is 13.6. The molecule has 200 valence electrons. The van der Waals surface area contributed by atoms with Crippen LogP contribution in [0.4, 0.5) is 5.13 Å². The molecule has 1 fully saturated rings. The van der Waals surface area contributed by atoms with Crippen LogP contribution in [0, 0.1) is 6.92 Å². The van der Waals surface area contributed by atoms with Gasteiger partial charge in [-0.1, -0.05) is 54.2 Å². The molecule has 1 aliphatic heterocycles. The number of carbonyl (C=O) groups excluding carboxylic acids is 2. The van der Waals surface area contributed by atoms with Gasteiger partial charge in [-0.3, -0.25) is 14.5 Å². The molecule has 1 atom stereocenters. The lowest BCUT2D eigenvalue weighted by atomic mass is 9.94. The fourth-order valence-corrected chi connectivity index (χ4v) is 5.81. The number of hydrogen-bond donors (Lipinski definition) is 1. The molecule has 0 saturated carbocycles. The second kappa shape index (κ2) is 10.4. The molecule has 5 rings (SSSR count). The van der Waals surface area contributed by atoms with Crippen molar-refractivity contribution in [3.05, 3.63) is 82.4 Å². The number of Topliss-reactive ketones (excluding diaryl/α,β-unsaturated/α-hetero) is 1. The average molecular weight is 545 g/mol. The van der Waals surface area contributed by atoms with Crippen molar-refractivity contribution in [2.45, 2.75) is 26.3 Å². The van der Waals surface area contributed by atoms with Gasteiger partial charge in [0, 0.05) is 5.56 Å². The number of aromatic nitrogens is 1. The maximum Gasteiger partial charge on any atom is 0.301 e. The Morgan fingerprint density at radius 2 is 1.64 bits per heavy atom. The molecule has 1 aromatic heterocycles. The summed E-state index contributed by atoms with van der Waals surface area (Å²) in [5.74, 6) is -0.790. The van der Waals surface area contributed by atoms with E-state index in [2.05, 4.69) is 6.92 Å².